The van der Waals surface area contributed by atoms with Crippen LogP contribution in [0.3, 0.4) is 0 Å². The molecule has 0 amide bonds. The summed E-state index contributed by atoms with van der Waals surface area (Å²) in [5, 5.41) is 2.75. The van der Waals surface area contributed by atoms with Crippen LogP contribution in [0.2, 0.25) is 0 Å². The number of allylic oxidation sites excluding steroid dienone is 1. The molecule has 0 aromatic carbocycles. The third-order valence-electron chi connectivity index (χ3n) is 1.35. The normalized spacial score (nSPS) is 10.1. The minimum atomic E-state index is -0.0440. The summed E-state index contributed by atoms with van der Waals surface area (Å²) in [5.41, 5.74) is 0.601. The second-order valence-corrected chi connectivity index (χ2v) is 2.23. The van der Waals surface area contributed by atoms with Crippen LogP contribution in [0.15, 0.2) is 36.8 Å². The Balaban J connectivity index is 2.72. The lowest BCUT2D eigenvalue weighted by Crippen LogP contribution is -1.98. The van der Waals surface area contributed by atoms with E-state index in [1.54, 1.807) is 37.8 Å². The molecule has 3 heteroatoms. The van der Waals surface area contributed by atoms with Gasteiger partial charge in [0.05, 0.1) is 0 Å². The number of nitrogens with one attached hydrogen (secondary N) is 1. The molecule has 1 heterocycles. The van der Waals surface area contributed by atoms with Crippen molar-refractivity contribution >= 4 is 5.78 Å². The molecule has 0 atom stereocenters. The van der Waals surface area contributed by atoms with Gasteiger partial charge in [-0.3, -0.25) is 9.78 Å². The highest BCUT2D eigenvalue weighted by Gasteiger charge is 1.98. The first-order valence-corrected chi connectivity index (χ1v) is 3.63. The highest BCUT2D eigenvalue weighted by Crippen LogP contribution is 1.97. The van der Waals surface area contributed by atoms with Gasteiger partial charge in [-0.1, -0.05) is 0 Å². The van der Waals surface area contributed by atoms with Crippen LogP contribution < -0.4 is 5.32 Å². The number of nitrogens with zero attached hydrogens (tertiary/aromatic N) is 1. The lowest BCUT2D eigenvalue weighted by atomic mass is 10.2. The van der Waals surface area contributed by atoms with Crippen molar-refractivity contribution in [3.05, 3.63) is 42.4 Å². The van der Waals surface area contributed by atoms with Gasteiger partial charge in [0, 0.05) is 37.3 Å². The molecule has 3 nitrogen and oxygen atoms in total. The molecule has 62 valence electrons. The number of rotatable bonds is 3. The first-order valence-electron chi connectivity index (χ1n) is 3.63. The zero-order chi connectivity index (χ0) is 8.81. The van der Waals surface area contributed by atoms with Crippen LogP contribution in [-0.2, 0) is 0 Å². The van der Waals surface area contributed by atoms with E-state index in [1.807, 2.05) is 0 Å². The van der Waals surface area contributed by atoms with Crippen LogP contribution >= 0.6 is 0 Å². The maximum atomic E-state index is 11.2. The number of carbonyl (C=O) groups excluding carboxylic acids is 1. The van der Waals surface area contributed by atoms with Gasteiger partial charge < -0.3 is 5.32 Å². The zero-order valence-corrected chi connectivity index (χ0v) is 6.82. The van der Waals surface area contributed by atoms with E-state index in [-0.39, 0.29) is 5.78 Å². The van der Waals surface area contributed by atoms with E-state index in [9.17, 15) is 4.79 Å². The van der Waals surface area contributed by atoms with E-state index in [0.29, 0.717) is 5.56 Å². The predicted molar refractivity (Wildman–Crippen MR) is 46.8 cm³/mol. The fourth-order valence-corrected chi connectivity index (χ4v) is 0.764. The molecule has 0 unspecified atom stereocenters. The second kappa shape index (κ2) is 4.28. The van der Waals surface area contributed by atoms with E-state index in [4.69, 9.17) is 0 Å². The minimum Gasteiger partial charge on any atom is -0.394 e. The van der Waals surface area contributed by atoms with Crippen molar-refractivity contribution in [2.45, 2.75) is 0 Å². The molecule has 1 rings (SSSR count). The van der Waals surface area contributed by atoms with Gasteiger partial charge in [0.15, 0.2) is 5.78 Å². The third-order valence-corrected chi connectivity index (χ3v) is 1.35. The summed E-state index contributed by atoms with van der Waals surface area (Å²) in [6.07, 6.45) is 6.24. The zero-order valence-electron chi connectivity index (χ0n) is 6.82. The van der Waals surface area contributed by atoms with Gasteiger partial charge >= 0.3 is 0 Å². The summed E-state index contributed by atoms with van der Waals surface area (Å²) in [7, 11) is 1.74. The number of pyridine rings is 1. The Morgan fingerprint density at radius 2 is 2.50 bits per heavy atom. The average molecular weight is 162 g/mol. The first-order chi connectivity index (χ1) is 5.84. The molecule has 1 aromatic heterocycles. The summed E-state index contributed by atoms with van der Waals surface area (Å²) in [6.45, 7) is 0. The molecule has 0 aliphatic heterocycles. The highest BCUT2D eigenvalue weighted by molar-refractivity contribution is 6.04. The van der Waals surface area contributed by atoms with Crippen LogP contribution in [0.4, 0.5) is 0 Å². The summed E-state index contributed by atoms with van der Waals surface area (Å²) in [4.78, 5) is 15.1. The van der Waals surface area contributed by atoms with E-state index >= 15 is 0 Å². The molecule has 1 N–H and O–H groups in total. The maximum absolute atomic E-state index is 11.2. The highest BCUT2D eigenvalue weighted by atomic mass is 16.1. The SMILES string of the molecule is CN/C=C\C(=O)c1cccnc1. The quantitative estimate of drug-likeness (QED) is 0.532. The van der Waals surface area contributed by atoms with E-state index in [2.05, 4.69) is 10.3 Å². The Morgan fingerprint density at radius 3 is 3.08 bits per heavy atom. The molecular formula is C9H10N2O. The van der Waals surface area contributed by atoms with E-state index in [1.165, 1.54) is 6.08 Å². The molecule has 0 saturated carbocycles. The van der Waals surface area contributed by atoms with Crippen molar-refractivity contribution in [2.24, 2.45) is 0 Å². The van der Waals surface area contributed by atoms with E-state index in [0.717, 1.165) is 0 Å². The molecule has 0 bridgehead atoms. The molecule has 1 aromatic rings. The molecule has 0 saturated heterocycles. The lowest BCUT2D eigenvalue weighted by molar-refractivity contribution is 0.104. The largest absolute Gasteiger partial charge is 0.394 e. The van der Waals surface area contributed by atoms with Gasteiger partial charge in [0.25, 0.3) is 0 Å². The summed E-state index contributed by atoms with van der Waals surface area (Å²) in [6, 6.07) is 3.47. The number of hydrogen-bond donors (Lipinski definition) is 1. The topological polar surface area (TPSA) is 42.0 Å². The van der Waals surface area contributed by atoms with Crippen LogP contribution in [0.1, 0.15) is 10.4 Å². The van der Waals surface area contributed by atoms with Crippen molar-refractivity contribution in [2.75, 3.05) is 7.05 Å². The predicted octanol–water partition coefficient (Wildman–Crippen LogP) is 0.997. The molecule has 0 aliphatic carbocycles. The Hall–Kier alpha value is -1.64. The molecule has 12 heavy (non-hydrogen) atoms. The molecule has 0 radical (unpaired) electrons. The fraction of sp³-hybridized carbons (Fsp3) is 0.111. The molecule has 0 spiro atoms. The van der Waals surface area contributed by atoms with Gasteiger partial charge in [-0.25, -0.2) is 0 Å². The number of aromatic nitrogens is 1. The van der Waals surface area contributed by atoms with Crippen molar-refractivity contribution in [3.63, 3.8) is 0 Å². The third kappa shape index (κ3) is 2.20. The van der Waals surface area contributed by atoms with Crippen molar-refractivity contribution < 1.29 is 4.79 Å². The smallest absolute Gasteiger partial charge is 0.188 e. The van der Waals surface area contributed by atoms with Crippen molar-refractivity contribution in [3.8, 4) is 0 Å². The average Bonchev–Trinajstić information content (AvgIpc) is 2.15. The Kier molecular flexibility index (Phi) is 3.02. The van der Waals surface area contributed by atoms with Gasteiger partial charge in [0.1, 0.15) is 0 Å². The van der Waals surface area contributed by atoms with Crippen LogP contribution in [0.5, 0.6) is 0 Å². The molecule has 0 fully saturated rings. The van der Waals surface area contributed by atoms with Gasteiger partial charge in [-0.2, -0.15) is 0 Å². The van der Waals surface area contributed by atoms with E-state index < -0.39 is 0 Å². The molecule has 0 aliphatic rings. The monoisotopic (exact) mass is 162 g/mol. The first kappa shape index (κ1) is 8.46. The Morgan fingerprint density at radius 1 is 1.67 bits per heavy atom. The van der Waals surface area contributed by atoms with Crippen LogP contribution in [0.25, 0.3) is 0 Å². The fourth-order valence-electron chi connectivity index (χ4n) is 0.764. The van der Waals surface area contributed by atoms with Gasteiger partial charge in [0.2, 0.25) is 0 Å². The second-order valence-electron chi connectivity index (χ2n) is 2.23. The van der Waals surface area contributed by atoms with Crippen LogP contribution in [-0.4, -0.2) is 17.8 Å². The number of ketones is 1. The van der Waals surface area contributed by atoms with Gasteiger partial charge in [-0.15, -0.1) is 0 Å². The van der Waals surface area contributed by atoms with Gasteiger partial charge in [-0.05, 0) is 12.1 Å². The standard InChI is InChI=1S/C9H10N2O/c1-10-6-4-9(12)8-3-2-5-11-7-8/h2-7,10H,1H3/b6-4-. The number of hydrogen-bond acceptors (Lipinski definition) is 3. The van der Waals surface area contributed by atoms with Crippen molar-refractivity contribution in [1.29, 1.82) is 0 Å². The maximum Gasteiger partial charge on any atom is 0.188 e. The minimum absolute atomic E-state index is 0.0440. The lowest BCUT2D eigenvalue weighted by Gasteiger charge is -1.92. The summed E-state index contributed by atoms with van der Waals surface area (Å²) >= 11 is 0. The van der Waals surface area contributed by atoms with Crippen molar-refractivity contribution in [1.82, 2.24) is 10.3 Å². The summed E-state index contributed by atoms with van der Waals surface area (Å²) < 4.78 is 0. The van der Waals surface area contributed by atoms with Crippen LogP contribution in [0, 0.1) is 0 Å². The molecular weight excluding hydrogens is 152 g/mol. The summed E-state index contributed by atoms with van der Waals surface area (Å²) in [5.74, 6) is -0.0440. The Labute approximate surface area is 71.1 Å². The Bertz CT molecular complexity index is 280. The number of carbonyl (C=O) groups is 1.